The van der Waals surface area contributed by atoms with Gasteiger partial charge >= 0.3 is 0 Å². The quantitative estimate of drug-likeness (QED) is 0.843. The molecule has 1 aliphatic heterocycles. The maximum absolute atomic E-state index is 9.97. The van der Waals surface area contributed by atoms with Crippen molar-refractivity contribution < 1.29 is 14.6 Å². The summed E-state index contributed by atoms with van der Waals surface area (Å²) in [5.41, 5.74) is 3.26. The third-order valence-electron chi connectivity index (χ3n) is 2.73. The van der Waals surface area contributed by atoms with Gasteiger partial charge in [0.05, 0.1) is 19.8 Å². The number of hydrogen-bond acceptors (Lipinski definition) is 3. The van der Waals surface area contributed by atoms with Gasteiger partial charge in [0.25, 0.3) is 0 Å². The molecule has 3 nitrogen and oxygen atoms in total. The molecule has 1 fully saturated rings. The topological polar surface area (TPSA) is 38.7 Å². The van der Waals surface area contributed by atoms with Crippen LogP contribution in [0.5, 0.6) is 0 Å². The molecule has 1 aromatic rings. The van der Waals surface area contributed by atoms with Gasteiger partial charge in [-0.1, -0.05) is 29.3 Å². The van der Waals surface area contributed by atoms with E-state index >= 15 is 0 Å². The van der Waals surface area contributed by atoms with Crippen LogP contribution in [0.4, 0.5) is 0 Å². The Morgan fingerprint density at radius 2 is 1.94 bits per heavy atom. The van der Waals surface area contributed by atoms with E-state index < -0.39 is 6.10 Å². The first kappa shape index (κ1) is 11.6. The van der Waals surface area contributed by atoms with Gasteiger partial charge in [-0.2, -0.15) is 0 Å². The van der Waals surface area contributed by atoms with Crippen LogP contribution in [-0.2, 0) is 9.47 Å². The maximum Gasteiger partial charge on any atom is 0.104 e. The molecule has 1 aromatic carbocycles. The number of ether oxygens (including phenoxy) is 2. The SMILES string of the molecule is Cc1cc(C)cc(C(O)COC2COC2)c1. The van der Waals surface area contributed by atoms with Gasteiger partial charge in [-0.05, 0) is 19.4 Å². The summed E-state index contributed by atoms with van der Waals surface area (Å²) >= 11 is 0. The fourth-order valence-corrected chi connectivity index (χ4v) is 1.84. The summed E-state index contributed by atoms with van der Waals surface area (Å²) in [6.45, 7) is 5.71. The van der Waals surface area contributed by atoms with Crippen LogP contribution in [0.25, 0.3) is 0 Å². The van der Waals surface area contributed by atoms with Crippen LogP contribution in [0.1, 0.15) is 22.8 Å². The minimum absolute atomic E-state index is 0.167. The summed E-state index contributed by atoms with van der Waals surface area (Å²) in [5, 5.41) is 9.97. The van der Waals surface area contributed by atoms with Crippen LogP contribution in [0, 0.1) is 13.8 Å². The predicted molar refractivity (Wildman–Crippen MR) is 61.4 cm³/mol. The van der Waals surface area contributed by atoms with Gasteiger partial charge in [-0.15, -0.1) is 0 Å². The third-order valence-corrected chi connectivity index (χ3v) is 2.73. The first-order valence-electron chi connectivity index (χ1n) is 5.61. The van der Waals surface area contributed by atoms with Crippen LogP contribution in [0.3, 0.4) is 0 Å². The van der Waals surface area contributed by atoms with Crippen LogP contribution in [0.15, 0.2) is 18.2 Å². The second-order valence-corrected chi connectivity index (χ2v) is 4.43. The Kier molecular flexibility index (Phi) is 3.59. The lowest BCUT2D eigenvalue weighted by molar-refractivity contribution is -0.143. The van der Waals surface area contributed by atoms with Crippen LogP contribution < -0.4 is 0 Å². The van der Waals surface area contributed by atoms with Crippen molar-refractivity contribution in [2.45, 2.75) is 26.1 Å². The van der Waals surface area contributed by atoms with Crippen molar-refractivity contribution in [3.63, 3.8) is 0 Å². The summed E-state index contributed by atoms with van der Waals surface area (Å²) in [6.07, 6.45) is -0.375. The average Bonchev–Trinajstić information content (AvgIpc) is 2.13. The Balaban J connectivity index is 1.93. The highest BCUT2D eigenvalue weighted by Crippen LogP contribution is 2.18. The van der Waals surface area contributed by atoms with E-state index in [4.69, 9.17) is 9.47 Å². The molecule has 1 N–H and O–H groups in total. The maximum atomic E-state index is 9.97. The second kappa shape index (κ2) is 4.95. The van der Waals surface area contributed by atoms with Crippen molar-refractivity contribution in [3.05, 3.63) is 34.9 Å². The Bertz CT molecular complexity index is 338. The smallest absolute Gasteiger partial charge is 0.104 e. The molecule has 0 spiro atoms. The standard InChI is InChI=1S/C13H18O3/c1-9-3-10(2)5-11(4-9)13(14)8-16-12-6-15-7-12/h3-5,12-14H,6-8H2,1-2H3. The van der Waals surface area contributed by atoms with E-state index in [0.29, 0.717) is 19.8 Å². The molecule has 1 heterocycles. The number of aliphatic hydroxyl groups excluding tert-OH is 1. The number of benzene rings is 1. The Morgan fingerprint density at radius 1 is 1.31 bits per heavy atom. The van der Waals surface area contributed by atoms with E-state index in [9.17, 15) is 5.11 Å². The third kappa shape index (κ3) is 2.82. The normalized spacial score (nSPS) is 18.2. The molecule has 88 valence electrons. The summed E-state index contributed by atoms with van der Waals surface area (Å²) in [7, 11) is 0. The molecule has 0 aliphatic carbocycles. The predicted octanol–water partition coefficient (Wildman–Crippen LogP) is 1.75. The minimum Gasteiger partial charge on any atom is -0.386 e. The van der Waals surface area contributed by atoms with Gasteiger partial charge in [-0.3, -0.25) is 0 Å². The molecule has 0 amide bonds. The zero-order chi connectivity index (χ0) is 11.5. The van der Waals surface area contributed by atoms with E-state index in [0.717, 1.165) is 5.56 Å². The number of aryl methyl sites for hydroxylation is 2. The lowest BCUT2D eigenvalue weighted by atomic mass is 10.0. The van der Waals surface area contributed by atoms with E-state index in [2.05, 4.69) is 6.07 Å². The van der Waals surface area contributed by atoms with Gasteiger partial charge < -0.3 is 14.6 Å². The Labute approximate surface area is 96.0 Å². The largest absolute Gasteiger partial charge is 0.386 e. The van der Waals surface area contributed by atoms with Gasteiger partial charge in [0, 0.05) is 0 Å². The summed E-state index contributed by atoms with van der Waals surface area (Å²) in [6, 6.07) is 6.09. The zero-order valence-electron chi connectivity index (χ0n) is 9.77. The van der Waals surface area contributed by atoms with Crippen LogP contribution in [0.2, 0.25) is 0 Å². The first-order valence-corrected chi connectivity index (χ1v) is 5.61. The van der Waals surface area contributed by atoms with Crippen molar-refractivity contribution >= 4 is 0 Å². The van der Waals surface area contributed by atoms with Crippen LogP contribution in [-0.4, -0.2) is 31.0 Å². The van der Waals surface area contributed by atoms with Gasteiger partial charge in [-0.25, -0.2) is 0 Å². The summed E-state index contributed by atoms with van der Waals surface area (Å²) < 4.78 is 10.5. The number of aliphatic hydroxyl groups is 1. The molecule has 0 saturated carbocycles. The second-order valence-electron chi connectivity index (χ2n) is 4.43. The van der Waals surface area contributed by atoms with Crippen molar-refractivity contribution in [1.82, 2.24) is 0 Å². The fourth-order valence-electron chi connectivity index (χ4n) is 1.84. The molecule has 1 unspecified atom stereocenters. The molecule has 0 radical (unpaired) electrons. The monoisotopic (exact) mass is 222 g/mol. The van der Waals surface area contributed by atoms with Gasteiger partial charge in [0.2, 0.25) is 0 Å². The molecule has 1 saturated heterocycles. The van der Waals surface area contributed by atoms with Crippen molar-refractivity contribution in [3.8, 4) is 0 Å². The van der Waals surface area contributed by atoms with E-state index in [1.807, 2.05) is 26.0 Å². The molecule has 0 aromatic heterocycles. The Hall–Kier alpha value is -0.900. The molecule has 2 rings (SSSR count). The highest BCUT2D eigenvalue weighted by atomic mass is 16.6. The van der Waals surface area contributed by atoms with E-state index in [1.165, 1.54) is 11.1 Å². The highest BCUT2D eigenvalue weighted by Gasteiger charge is 2.20. The number of hydrogen-bond donors (Lipinski definition) is 1. The number of rotatable bonds is 4. The molecule has 1 aliphatic rings. The van der Waals surface area contributed by atoms with Gasteiger partial charge in [0.1, 0.15) is 12.2 Å². The van der Waals surface area contributed by atoms with Crippen molar-refractivity contribution in [1.29, 1.82) is 0 Å². The lowest BCUT2D eigenvalue weighted by Crippen LogP contribution is -2.37. The van der Waals surface area contributed by atoms with E-state index in [-0.39, 0.29) is 6.10 Å². The van der Waals surface area contributed by atoms with E-state index in [1.54, 1.807) is 0 Å². The van der Waals surface area contributed by atoms with Crippen LogP contribution >= 0.6 is 0 Å². The zero-order valence-corrected chi connectivity index (χ0v) is 9.77. The van der Waals surface area contributed by atoms with Crippen molar-refractivity contribution in [2.75, 3.05) is 19.8 Å². The minimum atomic E-state index is -0.542. The Morgan fingerprint density at radius 3 is 2.44 bits per heavy atom. The average molecular weight is 222 g/mol. The summed E-state index contributed by atoms with van der Waals surface area (Å²) in [5.74, 6) is 0. The molecule has 3 heteroatoms. The molecule has 1 atom stereocenters. The molecule has 0 bridgehead atoms. The lowest BCUT2D eigenvalue weighted by Gasteiger charge is -2.27. The van der Waals surface area contributed by atoms with Gasteiger partial charge in [0.15, 0.2) is 0 Å². The fraction of sp³-hybridized carbons (Fsp3) is 0.538. The van der Waals surface area contributed by atoms with Crippen molar-refractivity contribution in [2.24, 2.45) is 0 Å². The molecule has 16 heavy (non-hydrogen) atoms. The first-order chi connectivity index (χ1) is 7.65. The highest BCUT2D eigenvalue weighted by molar-refractivity contribution is 5.29. The molecular weight excluding hydrogens is 204 g/mol. The summed E-state index contributed by atoms with van der Waals surface area (Å²) in [4.78, 5) is 0. The molecular formula is C13H18O3.